The molecule has 1 N–H and O–H groups in total. The lowest BCUT2D eigenvalue weighted by molar-refractivity contribution is -0.130. The summed E-state index contributed by atoms with van der Waals surface area (Å²) in [5.74, 6) is -0.192. The van der Waals surface area contributed by atoms with Crippen LogP contribution in [0.1, 0.15) is 33.8 Å². The predicted octanol–water partition coefficient (Wildman–Crippen LogP) is 6.41. The van der Waals surface area contributed by atoms with Crippen molar-refractivity contribution in [2.24, 2.45) is 0 Å². The fourth-order valence-corrected chi connectivity index (χ4v) is 5.24. The predicted molar refractivity (Wildman–Crippen MR) is 128 cm³/mol. The molecule has 2 amide bonds. The van der Waals surface area contributed by atoms with Crippen molar-refractivity contribution >= 4 is 52.5 Å². The Bertz CT molecular complexity index is 1140. The highest BCUT2D eigenvalue weighted by Crippen LogP contribution is 2.44. The lowest BCUT2D eigenvalue weighted by Gasteiger charge is -2.25. The Morgan fingerprint density at radius 3 is 2.58 bits per heavy atom. The number of thioether (sulfide) groups is 1. The van der Waals surface area contributed by atoms with Gasteiger partial charge in [0, 0.05) is 17.3 Å². The summed E-state index contributed by atoms with van der Waals surface area (Å²) in [5.41, 5.74) is 2.99. The van der Waals surface area contributed by atoms with Gasteiger partial charge in [-0.15, -0.1) is 11.8 Å². The lowest BCUT2D eigenvalue weighted by Crippen LogP contribution is -2.29. The van der Waals surface area contributed by atoms with Crippen molar-refractivity contribution in [1.29, 1.82) is 0 Å². The van der Waals surface area contributed by atoms with E-state index in [4.69, 9.17) is 23.2 Å². The summed E-state index contributed by atoms with van der Waals surface area (Å²) >= 11 is 13.9. The van der Waals surface area contributed by atoms with Crippen LogP contribution in [0.5, 0.6) is 0 Å². The summed E-state index contributed by atoms with van der Waals surface area (Å²) in [5, 5.41) is 3.64. The van der Waals surface area contributed by atoms with E-state index in [2.05, 4.69) is 5.32 Å². The fraction of sp³-hybridized carbons (Fsp3) is 0.167. The third kappa shape index (κ3) is 4.90. The Hall–Kier alpha value is -2.47. The molecule has 4 rings (SSSR count). The standard InChI is InChI=1S/C24H20Cl2N2O2S/c1-15-23(30)28(14-16-6-4-8-18(25)12-16)24(31-15)17-7-5-9-19(13-17)27-22(29)20-10-2-3-11-21(20)26/h2-13,15,24H,14H2,1H3,(H,27,29)/t15-,24-/m1/s1. The van der Waals surface area contributed by atoms with Crippen LogP contribution in [0.2, 0.25) is 10.0 Å². The maximum atomic E-state index is 12.9. The molecule has 2 atom stereocenters. The van der Waals surface area contributed by atoms with Gasteiger partial charge in [-0.2, -0.15) is 0 Å². The van der Waals surface area contributed by atoms with Crippen LogP contribution in [-0.4, -0.2) is 22.0 Å². The summed E-state index contributed by atoms with van der Waals surface area (Å²) in [6.45, 7) is 2.39. The molecule has 3 aromatic carbocycles. The molecule has 1 saturated heterocycles. The highest BCUT2D eigenvalue weighted by atomic mass is 35.5. The second kappa shape index (κ2) is 9.35. The summed E-state index contributed by atoms with van der Waals surface area (Å²) in [4.78, 5) is 27.3. The van der Waals surface area contributed by atoms with E-state index < -0.39 is 0 Å². The van der Waals surface area contributed by atoms with Gasteiger partial charge in [0.05, 0.1) is 15.8 Å². The SMILES string of the molecule is C[C@H]1S[C@H](c2cccc(NC(=O)c3ccccc3Cl)c2)N(Cc2cccc(Cl)c2)C1=O. The maximum absolute atomic E-state index is 12.9. The van der Waals surface area contributed by atoms with Gasteiger partial charge >= 0.3 is 0 Å². The van der Waals surface area contributed by atoms with Crippen molar-refractivity contribution in [2.75, 3.05) is 5.32 Å². The molecular formula is C24H20Cl2N2O2S. The Labute approximate surface area is 195 Å². The van der Waals surface area contributed by atoms with Gasteiger partial charge in [-0.25, -0.2) is 0 Å². The Kier molecular flexibility index (Phi) is 6.56. The van der Waals surface area contributed by atoms with Gasteiger partial charge in [0.25, 0.3) is 5.91 Å². The second-order valence-corrected chi connectivity index (χ2v) is 9.56. The highest BCUT2D eigenvalue weighted by molar-refractivity contribution is 8.01. The monoisotopic (exact) mass is 470 g/mol. The Morgan fingerprint density at radius 2 is 1.81 bits per heavy atom. The summed E-state index contributed by atoms with van der Waals surface area (Å²) < 4.78 is 0. The molecular weight excluding hydrogens is 451 g/mol. The molecule has 0 aliphatic carbocycles. The Morgan fingerprint density at radius 1 is 1.03 bits per heavy atom. The summed E-state index contributed by atoms with van der Waals surface area (Å²) in [6.07, 6.45) is 0. The zero-order valence-corrected chi connectivity index (χ0v) is 19.0. The topological polar surface area (TPSA) is 49.4 Å². The summed E-state index contributed by atoms with van der Waals surface area (Å²) in [6, 6.07) is 22.0. The third-order valence-corrected chi connectivity index (χ3v) is 7.00. The van der Waals surface area contributed by atoms with E-state index in [0.717, 1.165) is 11.1 Å². The van der Waals surface area contributed by atoms with E-state index in [0.29, 0.717) is 27.8 Å². The van der Waals surface area contributed by atoms with E-state index in [1.807, 2.05) is 60.4 Å². The minimum absolute atomic E-state index is 0.0838. The van der Waals surface area contributed by atoms with Crippen molar-refractivity contribution in [2.45, 2.75) is 24.1 Å². The average molecular weight is 471 g/mol. The van der Waals surface area contributed by atoms with Gasteiger partial charge in [-0.3, -0.25) is 9.59 Å². The van der Waals surface area contributed by atoms with Crippen LogP contribution in [0.4, 0.5) is 5.69 Å². The Balaban J connectivity index is 1.57. The maximum Gasteiger partial charge on any atom is 0.257 e. The van der Waals surface area contributed by atoms with Crippen molar-refractivity contribution < 1.29 is 9.59 Å². The number of halogens is 2. The van der Waals surface area contributed by atoms with Crippen LogP contribution < -0.4 is 5.32 Å². The molecule has 158 valence electrons. The smallest absolute Gasteiger partial charge is 0.257 e. The molecule has 4 nitrogen and oxygen atoms in total. The average Bonchev–Trinajstić information content (AvgIpc) is 3.03. The first-order valence-electron chi connectivity index (χ1n) is 9.78. The molecule has 0 aromatic heterocycles. The number of rotatable bonds is 5. The van der Waals surface area contributed by atoms with Gasteiger partial charge in [0.2, 0.25) is 5.91 Å². The van der Waals surface area contributed by atoms with E-state index in [-0.39, 0.29) is 22.4 Å². The molecule has 1 aliphatic heterocycles. The van der Waals surface area contributed by atoms with Crippen molar-refractivity contribution in [3.63, 3.8) is 0 Å². The molecule has 1 fully saturated rings. The van der Waals surface area contributed by atoms with Gasteiger partial charge in [-0.1, -0.05) is 59.6 Å². The number of benzene rings is 3. The lowest BCUT2D eigenvalue weighted by atomic mass is 10.1. The van der Waals surface area contributed by atoms with E-state index >= 15 is 0 Å². The van der Waals surface area contributed by atoms with Gasteiger partial charge < -0.3 is 10.2 Å². The van der Waals surface area contributed by atoms with Crippen LogP contribution in [-0.2, 0) is 11.3 Å². The molecule has 0 unspecified atom stereocenters. The number of hydrogen-bond acceptors (Lipinski definition) is 3. The second-order valence-electron chi connectivity index (χ2n) is 7.29. The van der Waals surface area contributed by atoms with Crippen LogP contribution in [0, 0.1) is 0 Å². The van der Waals surface area contributed by atoms with Gasteiger partial charge in [0.1, 0.15) is 5.37 Å². The number of nitrogens with one attached hydrogen (secondary N) is 1. The number of amides is 2. The number of carbonyl (C=O) groups is 2. The minimum atomic E-state index is -0.276. The van der Waals surface area contributed by atoms with Crippen LogP contribution in [0.15, 0.2) is 72.8 Å². The minimum Gasteiger partial charge on any atom is -0.322 e. The molecule has 1 heterocycles. The van der Waals surface area contributed by atoms with E-state index in [1.165, 1.54) is 0 Å². The van der Waals surface area contributed by atoms with E-state index in [1.54, 1.807) is 36.0 Å². The van der Waals surface area contributed by atoms with Gasteiger partial charge in [0.15, 0.2) is 0 Å². The largest absolute Gasteiger partial charge is 0.322 e. The highest BCUT2D eigenvalue weighted by Gasteiger charge is 2.38. The fourth-order valence-electron chi connectivity index (χ4n) is 3.54. The zero-order valence-electron chi connectivity index (χ0n) is 16.7. The molecule has 0 saturated carbocycles. The normalized spacial score (nSPS) is 18.3. The molecule has 3 aromatic rings. The molecule has 0 bridgehead atoms. The third-order valence-electron chi connectivity index (χ3n) is 5.04. The number of anilines is 1. The summed E-state index contributed by atoms with van der Waals surface area (Å²) in [7, 11) is 0. The molecule has 1 aliphatic rings. The first-order chi connectivity index (χ1) is 14.9. The molecule has 0 radical (unpaired) electrons. The number of hydrogen-bond donors (Lipinski definition) is 1. The molecule has 31 heavy (non-hydrogen) atoms. The van der Waals surface area contributed by atoms with Crippen molar-refractivity contribution in [1.82, 2.24) is 4.90 Å². The number of nitrogens with zero attached hydrogens (tertiary/aromatic N) is 1. The van der Waals surface area contributed by atoms with Crippen molar-refractivity contribution in [3.8, 4) is 0 Å². The van der Waals surface area contributed by atoms with Crippen LogP contribution in [0.3, 0.4) is 0 Å². The first kappa shape index (κ1) is 21.8. The van der Waals surface area contributed by atoms with Crippen LogP contribution >= 0.6 is 35.0 Å². The van der Waals surface area contributed by atoms with Crippen LogP contribution in [0.25, 0.3) is 0 Å². The van der Waals surface area contributed by atoms with Gasteiger partial charge in [-0.05, 0) is 54.4 Å². The zero-order chi connectivity index (χ0) is 22.0. The quantitative estimate of drug-likeness (QED) is 0.468. The molecule has 7 heteroatoms. The molecule has 0 spiro atoms. The van der Waals surface area contributed by atoms with Crippen molar-refractivity contribution in [3.05, 3.63) is 99.5 Å². The first-order valence-corrected chi connectivity index (χ1v) is 11.5. The van der Waals surface area contributed by atoms with E-state index in [9.17, 15) is 9.59 Å². The number of carbonyl (C=O) groups excluding carboxylic acids is 2.